The minimum absolute atomic E-state index is 0.212. The number of fused-ring (bicyclic) bond motifs is 1. The highest BCUT2D eigenvalue weighted by Gasteiger charge is 2.30. The largest absolute Gasteiger partial charge is 0.373 e. The summed E-state index contributed by atoms with van der Waals surface area (Å²) in [5.41, 5.74) is 2.31. The maximum Gasteiger partial charge on any atom is 0.0775 e. The van der Waals surface area contributed by atoms with Gasteiger partial charge in [-0.2, -0.15) is 0 Å². The van der Waals surface area contributed by atoms with Crippen molar-refractivity contribution in [1.82, 2.24) is 10.3 Å². The number of para-hydroxylation sites is 1. The molecule has 3 unspecified atom stereocenters. The molecule has 3 heteroatoms. The Morgan fingerprint density at radius 3 is 2.84 bits per heavy atom. The van der Waals surface area contributed by atoms with E-state index in [-0.39, 0.29) is 12.1 Å². The molecule has 2 aromatic rings. The van der Waals surface area contributed by atoms with E-state index in [9.17, 15) is 0 Å². The number of benzene rings is 1. The molecule has 100 valence electrons. The Morgan fingerprint density at radius 1 is 1.26 bits per heavy atom. The van der Waals surface area contributed by atoms with Gasteiger partial charge in [0.2, 0.25) is 0 Å². The monoisotopic (exact) mass is 256 g/mol. The Hall–Kier alpha value is -1.45. The van der Waals surface area contributed by atoms with Crippen LogP contribution < -0.4 is 5.32 Å². The summed E-state index contributed by atoms with van der Waals surface area (Å²) in [5.74, 6) is 0. The number of rotatable bonds is 3. The van der Waals surface area contributed by atoms with Crippen LogP contribution in [0.15, 0.2) is 36.5 Å². The average Bonchev–Trinajstić information content (AvgIpc) is 2.86. The van der Waals surface area contributed by atoms with Crippen molar-refractivity contribution in [3.8, 4) is 0 Å². The summed E-state index contributed by atoms with van der Waals surface area (Å²) in [6.07, 6.45) is 4.71. The van der Waals surface area contributed by atoms with E-state index in [1.807, 2.05) is 19.3 Å². The van der Waals surface area contributed by atoms with Gasteiger partial charge in [0.05, 0.1) is 23.8 Å². The smallest absolute Gasteiger partial charge is 0.0775 e. The van der Waals surface area contributed by atoms with Crippen molar-refractivity contribution in [1.29, 1.82) is 0 Å². The van der Waals surface area contributed by atoms with Gasteiger partial charge in [-0.3, -0.25) is 4.98 Å². The molecule has 0 spiro atoms. The van der Waals surface area contributed by atoms with Gasteiger partial charge in [-0.1, -0.05) is 24.3 Å². The first-order chi connectivity index (χ1) is 9.29. The van der Waals surface area contributed by atoms with Gasteiger partial charge in [0, 0.05) is 11.6 Å². The molecule has 3 rings (SSSR count). The van der Waals surface area contributed by atoms with Crippen molar-refractivity contribution in [2.24, 2.45) is 0 Å². The number of aromatic nitrogens is 1. The van der Waals surface area contributed by atoms with Crippen LogP contribution in [0.2, 0.25) is 0 Å². The molecular formula is C16H20N2O. The van der Waals surface area contributed by atoms with E-state index in [0.29, 0.717) is 6.10 Å². The molecule has 1 aromatic heterocycles. The summed E-state index contributed by atoms with van der Waals surface area (Å²) in [6.45, 7) is 2.15. The fourth-order valence-electron chi connectivity index (χ4n) is 3.00. The summed E-state index contributed by atoms with van der Waals surface area (Å²) < 4.78 is 6.03. The summed E-state index contributed by atoms with van der Waals surface area (Å²) in [6, 6.07) is 10.7. The molecule has 1 saturated heterocycles. The fraction of sp³-hybridized carbons (Fsp3) is 0.438. The zero-order valence-electron chi connectivity index (χ0n) is 11.5. The molecule has 1 aliphatic heterocycles. The molecule has 1 aliphatic rings. The molecule has 1 aromatic carbocycles. The molecule has 0 radical (unpaired) electrons. The van der Waals surface area contributed by atoms with Crippen LogP contribution in [0.4, 0.5) is 0 Å². The highest BCUT2D eigenvalue weighted by Crippen LogP contribution is 2.32. The van der Waals surface area contributed by atoms with E-state index < -0.39 is 0 Å². The van der Waals surface area contributed by atoms with Crippen molar-refractivity contribution in [2.45, 2.75) is 38.0 Å². The van der Waals surface area contributed by atoms with Gasteiger partial charge in [0.1, 0.15) is 0 Å². The number of hydrogen-bond acceptors (Lipinski definition) is 3. The minimum atomic E-state index is 0.212. The van der Waals surface area contributed by atoms with Crippen LogP contribution >= 0.6 is 0 Å². The van der Waals surface area contributed by atoms with E-state index in [1.54, 1.807) is 0 Å². The van der Waals surface area contributed by atoms with Crippen molar-refractivity contribution >= 4 is 10.9 Å². The number of pyridine rings is 1. The Bertz CT molecular complexity index is 564. The van der Waals surface area contributed by atoms with Crippen LogP contribution in [0.5, 0.6) is 0 Å². The molecule has 1 N–H and O–H groups in total. The fourth-order valence-corrected chi connectivity index (χ4v) is 3.00. The topological polar surface area (TPSA) is 34.2 Å². The molecule has 0 saturated carbocycles. The maximum absolute atomic E-state index is 6.03. The molecular weight excluding hydrogens is 236 g/mol. The lowest BCUT2D eigenvalue weighted by molar-refractivity contribution is 0.0336. The Balaban J connectivity index is 2.01. The normalized spacial score (nSPS) is 24.7. The van der Waals surface area contributed by atoms with Crippen molar-refractivity contribution < 1.29 is 4.74 Å². The van der Waals surface area contributed by atoms with Crippen molar-refractivity contribution in [2.75, 3.05) is 7.05 Å². The Morgan fingerprint density at radius 2 is 2.11 bits per heavy atom. The molecule has 0 bridgehead atoms. The quantitative estimate of drug-likeness (QED) is 0.916. The van der Waals surface area contributed by atoms with Gasteiger partial charge < -0.3 is 10.1 Å². The number of likely N-dealkylation sites (N-methyl/N-ethyl adjacent to an activating group) is 1. The van der Waals surface area contributed by atoms with E-state index in [2.05, 4.69) is 41.5 Å². The minimum Gasteiger partial charge on any atom is -0.373 e. The van der Waals surface area contributed by atoms with Crippen LogP contribution in [0, 0.1) is 0 Å². The molecule has 3 nitrogen and oxygen atoms in total. The first-order valence-corrected chi connectivity index (χ1v) is 6.96. The van der Waals surface area contributed by atoms with Crippen LogP contribution in [-0.4, -0.2) is 24.2 Å². The van der Waals surface area contributed by atoms with Gasteiger partial charge in [0.25, 0.3) is 0 Å². The van der Waals surface area contributed by atoms with Crippen molar-refractivity contribution in [3.63, 3.8) is 0 Å². The predicted molar refractivity (Wildman–Crippen MR) is 77.1 cm³/mol. The number of ether oxygens (including phenoxy) is 1. The molecule has 1 fully saturated rings. The predicted octanol–water partition coefficient (Wildman–Crippen LogP) is 3.06. The van der Waals surface area contributed by atoms with E-state index in [4.69, 9.17) is 4.74 Å². The van der Waals surface area contributed by atoms with Crippen molar-refractivity contribution in [3.05, 3.63) is 42.1 Å². The number of hydrogen-bond donors (Lipinski definition) is 1. The van der Waals surface area contributed by atoms with Gasteiger partial charge in [-0.05, 0) is 38.4 Å². The second-order valence-corrected chi connectivity index (χ2v) is 5.25. The molecule has 3 atom stereocenters. The number of nitrogens with zero attached hydrogens (tertiary/aromatic N) is 1. The van der Waals surface area contributed by atoms with Gasteiger partial charge in [-0.25, -0.2) is 0 Å². The molecule has 2 heterocycles. The first kappa shape index (κ1) is 12.6. The SMILES string of the molecule is CNC(c1cccc2cccnc12)C1CCC(C)O1. The summed E-state index contributed by atoms with van der Waals surface area (Å²) in [7, 11) is 2.00. The number of nitrogens with one attached hydrogen (secondary N) is 1. The highest BCUT2D eigenvalue weighted by molar-refractivity contribution is 5.82. The maximum atomic E-state index is 6.03. The van der Waals surface area contributed by atoms with E-state index >= 15 is 0 Å². The lowest BCUT2D eigenvalue weighted by Crippen LogP contribution is -2.29. The second kappa shape index (κ2) is 5.27. The Kier molecular flexibility index (Phi) is 3.49. The van der Waals surface area contributed by atoms with Crippen LogP contribution in [0.25, 0.3) is 10.9 Å². The summed E-state index contributed by atoms with van der Waals surface area (Å²) >= 11 is 0. The second-order valence-electron chi connectivity index (χ2n) is 5.25. The van der Waals surface area contributed by atoms with Crippen LogP contribution in [-0.2, 0) is 4.74 Å². The lowest BCUT2D eigenvalue weighted by Gasteiger charge is -2.24. The third-order valence-corrected chi connectivity index (χ3v) is 3.95. The lowest BCUT2D eigenvalue weighted by atomic mass is 9.97. The third-order valence-electron chi connectivity index (χ3n) is 3.95. The molecule has 0 aliphatic carbocycles. The average molecular weight is 256 g/mol. The third kappa shape index (κ3) is 2.36. The zero-order chi connectivity index (χ0) is 13.2. The van der Waals surface area contributed by atoms with Gasteiger partial charge in [-0.15, -0.1) is 0 Å². The summed E-state index contributed by atoms with van der Waals surface area (Å²) in [5, 5.41) is 4.59. The Labute approximate surface area is 114 Å². The van der Waals surface area contributed by atoms with E-state index in [0.717, 1.165) is 18.4 Å². The standard InChI is InChI=1S/C16H20N2O/c1-11-8-9-14(19-11)16(17-2)13-7-3-5-12-6-4-10-18-15(12)13/h3-7,10-11,14,16-17H,8-9H2,1-2H3. The van der Waals surface area contributed by atoms with Gasteiger partial charge >= 0.3 is 0 Å². The van der Waals surface area contributed by atoms with E-state index in [1.165, 1.54) is 10.9 Å². The molecule has 0 amide bonds. The highest BCUT2D eigenvalue weighted by atomic mass is 16.5. The first-order valence-electron chi connectivity index (χ1n) is 6.96. The summed E-state index contributed by atoms with van der Waals surface area (Å²) in [4.78, 5) is 4.54. The molecule has 19 heavy (non-hydrogen) atoms. The van der Waals surface area contributed by atoms with Crippen LogP contribution in [0.3, 0.4) is 0 Å². The van der Waals surface area contributed by atoms with Gasteiger partial charge in [0.15, 0.2) is 0 Å². The zero-order valence-corrected chi connectivity index (χ0v) is 11.5. The van der Waals surface area contributed by atoms with Crippen LogP contribution in [0.1, 0.15) is 31.4 Å².